The quantitative estimate of drug-likeness (QED) is 0.843. The molecule has 136 valence electrons. The fraction of sp³-hybridized carbons (Fsp3) is 0.667. The summed E-state index contributed by atoms with van der Waals surface area (Å²) in [5, 5.41) is 0. The van der Waals surface area contributed by atoms with Crippen LogP contribution in [-0.2, 0) is 9.53 Å². The lowest BCUT2D eigenvalue weighted by Gasteiger charge is -2.37. The zero-order chi connectivity index (χ0) is 17.2. The Hall–Kier alpha value is -1.39. The number of benzene rings is 1. The van der Waals surface area contributed by atoms with Gasteiger partial charge in [-0.05, 0) is 49.1 Å². The molecule has 4 rings (SSSR count). The summed E-state index contributed by atoms with van der Waals surface area (Å²) in [6, 6.07) is 8.54. The lowest BCUT2D eigenvalue weighted by atomic mass is 9.96. The predicted molar refractivity (Wildman–Crippen MR) is 98.6 cm³/mol. The first-order valence-corrected chi connectivity index (χ1v) is 9.87. The molecule has 0 bridgehead atoms. The number of nitrogens with zero attached hydrogens (tertiary/aromatic N) is 2. The van der Waals surface area contributed by atoms with Gasteiger partial charge < -0.3 is 9.64 Å². The molecular formula is C21H30N2O2. The summed E-state index contributed by atoms with van der Waals surface area (Å²) in [5.41, 5.74) is 2.70. The third-order valence-corrected chi connectivity index (χ3v) is 6.15. The molecule has 1 aromatic rings. The van der Waals surface area contributed by atoms with Crippen LogP contribution in [0, 0.1) is 18.8 Å². The van der Waals surface area contributed by atoms with Crippen LogP contribution in [0.15, 0.2) is 24.3 Å². The molecule has 2 aliphatic heterocycles. The number of hydrogen-bond donors (Lipinski definition) is 0. The first-order chi connectivity index (χ1) is 12.2. The molecule has 4 nitrogen and oxygen atoms in total. The average molecular weight is 342 g/mol. The molecule has 1 aromatic carbocycles. The summed E-state index contributed by atoms with van der Waals surface area (Å²) >= 11 is 0. The van der Waals surface area contributed by atoms with E-state index in [4.69, 9.17) is 4.74 Å². The SMILES string of the molecule is Cc1ccccc1[C@@H]1C[C@@H]1C(=O)N1CCC[C@H](CN2CCOCC2)C1. The smallest absolute Gasteiger partial charge is 0.226 e. The topological polar surface area (TPSA) is 32.8 Å². The highest BCUT2D eigenvalue weighted by Gasteiger charge is 2.46. The van der Waals surface area contributed by atoms with E-state index in [1.165, 1.54) is 17.5 Å². The van der Waals surface area contributed by atoms with Crippen LogP contribution in [-0.4, -0.2) is 61.6 Å². The highest BCUT2D eigenvalue weighted by molar-refractivity contribution is 5.83. The highest BCUT2D eigenvalue weighted by Crippen LogP contribution is 2.49. The van der Waals surface area contributed by atoms with Crippen LogP contribution < -0.4 is 0 Å². The van der Waals surface area contributed by atoms with Gasteiger partial charge in [0.1, 0.15) is 0 Å². The van der Waals surface area contributed by atoms with E-state index in [2.05, 4.69) is 41.0 Å². The van der Waals surface area contributed by atoms with Crippen LogP contribution in [0.3, 0.4) is 0 Å². The van der Waals surface area contributed by atoms with Crippen LogP contribution in [0.25, 0.3) is 0 Å². The van der Waals surface area contributed by atoms with Crippen molar-refractivity contribution in [2.75, 3.05) is 45.9 Å². The Balaban J connectivity index is 1.32. The van der Waals surface area contributed by atoms with Gasteiger partial charge in [0.25, 0.3) is 0 Å². The van der Waals surface area contributed by atoms with Crippen LogP contribution >= 0.6 is 0 Å². The minimum absolute atomic E-state index is 0.225. The Kier molecular flexibility index (Phi) is 5.09. The fourth-order valence-electron chi connectivity index (χ4n) is 4.61. The van der Waals surface area contributed by atoms with Gasteiger partial charge in [-0.2, -0.15) is 0 Å². The number of piperidine rings is 1. The molecule has 1 saturated carbocycles. The molecule has 0 N–H and O–H groups in total. The van der Waals surface area contributed by atoms with Crippen molar-refractivity contribution >= 4 is 5.91 Å². The van der Waals surface area contributed by atoms with Gasteiger partial charge in [0.15, 0.2) is 0 Å². The lowest BCUT2D eigenvalue weighted by Crippen LogP contribution is -2.46. The number of carbonyl (C=O) groups is 1. The van der Waals surface area contributed by atoms with Gasteiger partial charge in [-0.3, -0.25) is 9.69 Å². The normalized spacial score (nSPS) is 30.3. The Morgan fingerprint density at radius 3 is 2.80 bits per heavy atom. The zero-order valence-electron chi connectivity index (χ0n) is 15.3. The summed E-state index contributed by atoms with van der Waals surface area (Å²) in [6.07, 6.45) is 3.45. The molecule has 0 unspecified atom stereocenters. The molecule has 1 amide bonds. The van der Waals surface area contributed by atoms with E-state index in [0.29, 0.717) is 17.7 Å². The van der Waals surface area contributed by atoms with Gasteiger partial charge >= 0.3 is 0 Å². The minimum atomic E-state index is 0.225. The number of aryl methyl sites for hydroxylation is 1. The van der Waals surface area contributed by atoms with E-state index >= 15 is 0 Å². The van der Waals surface area contributed by atoms with E-state index < -0.39 is 0 Å². The van der Waals surface area contributed by atoms with E-state index in [-0.39, 0.29) is 5.92 Å². The van der Waals surface area contributed by atoms with Crippen molar-refractivity contribution in [3.63, 3.8) is 0 Å². The third kappa shape index (κ3) is 3.90. The number of rotatable bonds is 4. The summed E-state index contributed by atoms with van der Waals surface area (Å²) in [5.74, 6) is 1.71. The van der Waals surface area contributed by atoms with Crippen molar-refractivity contribution in [2.24, 2.45) is 11.8 Å². The molecule has 25 heavy (non-hydrogen) atoms. The second-order valence-corrected chi connectivity index (χ2v) is 8.01. The molecule has 1 aliphatic carbocycles. The van der Waals surface area contributed by atoms with Crippen molar-refractivity contribution in [3.05, 3.63) is 35.4 Å². The average Bonchev–Trinajstić information content (AvgIpc) is 3.43. The van der Waals surface area contributed by atoms with Gasteiger partial charge in [0, 0.05) is 38.6 Å². The highest BCUT2D eigenvalue weighted by atomic mass is 16.5. The van der Waals surface area contributed by atoms with Crippen LogP contribution in [0.4, 0.5) is 0 Å². The lowest BCUT2D eigenvalue weighted by molar-refractivity contribution is -0.134. The van der Waals surface area contributed by atoms with Gasteiger partial charge in [-0.15, -0.1) is 0 Å². The van der Waals surface area contributed by atoms with E-state index in [1.54, 1.807) is 0 Å². The van der Waals surface area contributed by atoms with Gasteiger partial charge in [0.05, 0.1) is 13.2 Å². The molecule has 3 fully saturated rings. The van der Waals surface area contributed by atoms with Crippen LogP contribution in [0.2, 0.25) is 0 Å². The predicted octanol–water partition coefficient (Wildman–Crippen LogP) is 2.67. The standard InChI is InChI=1S/C21H30N2O2/c1-16-5-2-3-7-18(16)19-13-20(19)21(24)23-8-4-6-17(15-23)14-22-9-11-25-12-10-22/h2-3,5,7,17,19-20H,4,6,8-15H2,1H3/t17-,19+,20+/m1/s1. The summed E-state index contributed by atoms with van der Waals surface area (Å²) in [7, 11) is 0. The number of hydrogen-bond acceptors (Lipinski definition) is 3. The number of likely N-dealkylation sites (tertiary alicyclic amines) is 1. The first kappa shape index (κ1) is 17.0. The Labute approximate surface area is 151 Å². The van der Waals surface area contributed by atoms with E-state index in [9.17, 15) is 4.79 Å². The van der Waals surface area contributed by atoms with Gasteiger partial charge in [-0.25, -0.2) is 0 Å². The zero-order valence-corrected chi connectivity index (χ0v) is 15.3. The molecule has 0 aromatic heterocycles. The maximum Gasteiger partial charge on any atom is 0.226 e. The number of amides is 1. The van der Waals surface area contributed by atoms with Crippen molar-refractivity contribution in [1.29, 1.82) is 0 Å². The Bertz CT molecular complexity index is 612. The molecule has 2 saturated heterocycles. The summed E-state index contributed by atoms with van der Waals surface area (Å²) in [6.45, 7) is 8.99. The number of carbonyl (C=O) groups excluding carboxylic acids is 1. The molecule has 0 radical (unpaired) electrons. The van der Waals surface area contributed by atoms with E-state index in [0.717, 1.165) is 58.8 Å². The fourth-order valence-corrected chi connectivity index (χ4v) is 4.61. The summed E-state index contributed by atoms with van der Waals surface area (Å²) in [4.78, 5) is 17.7. The van der Waals surface area contributed by atoms with Crippen molar-refractivity contribution < 1.29 is 9.53 Å². The van der Waals surface area contributed by atoms with Crippen LogP contribution in [0.5, 0.6) is 0 Å². The van der Waals surface area contributed by atoms with Crippen LogP contribution in [0.1, 0.15) is 36.3 Å². The molecule has 2 heterocycles. The van der Waals surface area contributed by atoms with Crippen molar-refractivity contribution in [3.8, 4) is 0 Å². The second kappa shape index (κ2) is 7.46. The second-order valence-electron chi connectivity index (χ2n) is 8.01. The first-order valence-electron chi connectivity index (χ1n) is 9.87. The third-order valence-electron chi connectivity index (χ3n) is 6.15. The molecule has 3 atom stereocenters. The van der Waals surface area contributed by atoms with Gasteiger partial charge in [-0.1, -0.05) is 24.3 Å². The largest absolute Gasteiger partial charge is 0.379 e. The molecule has 4 heteroatoms. The van der Waals surface area contributed by atoms with Gasteiger partial charge in [0.2, 0.25) is 5.91 Å². The van der Waals surface area contributed by atoms with Crippen molar-refractivity contribution in [2.45, 2.75) is 32.1 Å². The van der Waals surface area contributed by atoms with E-state index in [1.807, 2.05) is 0 Å². The Morgan fingerprint density at radius 1 is 1.20 bits per heavy atom. The Morgan fingerprint density at radius 2 is 2.00 bits per heavy atom. The number of ether oxygens (including phenoxy) is 1. The maximum atomic E-state index is 13.0. The van der Waals surface area contributed by atoms with Crippen molar-refractivity contribution in [1.82, 2.24) is 9.80 Å². The molecule has 3 aliphatic rings. The minimum Gasteiger partial charge on any atom is -0.379 e. The number of morpholine rings is 1. The molecule has 0 spiro atoms. The summed E-state index contributed by atoms with van der Waals surface area (Å²) < 4.78 is 5.45. The monoisotopic (exact) mass is 342 g/mol. The maximum absolute atomic E-state index is 13.0. The molecular weight excluding hydrogens is 312 g/mol.